The van der Waals surface area contributed by atoms with Gasteiger partial charge in [0.15, 0.2) is 5.16 Å². The van der Waals surface area contributed by atoms with Gasteiger partial charge in [0.25, 0.3) is 0 Å². The van der Waals surface area contributed by atoms with E-state index < -0.39 is 0 Å². The molecule has 0 bridgehead atoms. The maximum Gasteiger partial charge on any atom is 0.168 e. The fourth-order valence-corrected chi connectivity index (χ4v) is 3.14. The van der Waals surface area contributed by atoms with Crippen LogP contribution in [-0.4, -0.2) is 16.7 Å². The van der Waals surface area contributed by atoms with E-state index in [4.69, 9.17) is 9.72 Å². The zero-order valence-electron chi connectivity index (χ0n) is 12.7. The Hall–Kier alpha value is -2.20. The lowest BCUT2D eigenvalue weighted by molar-refractivity contribution is 0.414. The molecule has 22 heavy (non-hydrogen) atoms. The third kappa shape index (κ3) is 3.34. The molecule has 0 aliphatic rings. The lowest BCUT2D eigenvalue weighted by Crippen LogP contribution is -1.90. The van der Waals surface area contributed by atoms with Crippen LogP contribution < -0.4 is 4.74 Å². The third-order valence-electron chi connectivity index (χ3n) is 3.41. The first-order valence-electron chi connectivity index (χ1n) is 7.11. The van der Waals surface area contributed by atoms with Crippen LogP contribution in [0.5, 0.6) is 5.75 Å². The largest absolute Gasteiger partial charge is 0.497 e. The maximum atomic E-state index is 5.26. The van der Waals surface area contributed by atoms with Gasteiger partial charge in [-0.2, -0.15) is 0 Å². The van der Waals surface area contributed by atoms with E-state index in [0.717, 1.165) is 27.9 Å². The van der Waals surface area contributed by atoms with E-state index in [0.29, 0.717) is 0 Å². The molecular weight excluding hydrogens is 292 g/mol. The van der Waals surface area contributed by atoms with Gasteiger partial charge in [-0.25, -0.2) is 4.98 Å². The van der Waals surface area contributed by atoms with Crippen LogP contribution in [0.1, 0.15) is 5.56 Å². The van der Waals surface area contributed by atoms with E-state index in [1.807, 2.05) is 37.4 Å². The first-order chi connectivity index (χ1) is 10.8. The first kappa shape index (κ1) is 14.7. The summed E-state index contributed by atoms with van der Waals surface area (Å²) in [6.45, 7) is 0. The number of ether oxygens (including phenoxy) is 1. The van der Waals surface area contributed by atoms with Gasteiger partial charge in [0, 0.05) is 24.6 Å². The Kier molecular flexibility index (Phi) is 4.49. The number of hydrogen-bond donors (Lipinski definition) is 0. The Bertz CT molecular complexity index is 753. The molecule has 0 atom stereocenters. The number of benzene rings is 2. The van der Waals surface area contributed by atoms with Crippen molar-refractivity contribution in [3.63, 3.8) is 0 Å². The summed E-state index contributed by atoms with van der Waals surface area (Å²) < 4.78 is 7.34. The number of methoxy groups -OCH3 is 1. The highest BCUT2D eigenvalue weighted by Gasteiger charge is 2.08. The van der Waals surface area contributed by atoms with Gasteiger partial charge < -0.3 is 9.30 Å². The number of rotatable bonds is 5. The summed E-state index contributed by atoms with van der Waals surface area (Å²) in [6, 6.07) is 18.4. The van der Waals surface area contributed by atoms with Gasteiger partial charge in [-0.15, -0.1) is 0 Å². The summed E-state index contributed by atoms with van der Waals surface area (Å²) in [6.07, 6.45) is 2.07. The zero-order chi connectivity index (χ0) is 15.4. The summed E-state index contributed by atoms with van der Waals surface area (Å²) >= 11 is 1.73. The fourth-order valence-electron chi connectivity index (χ4n) is 2.24. The third-order valence-corrected chi connectivity index (χ3v) is 4.52. The Morgan fingerprint density at radius 1 is 1.09 bits per heavy atom. The molecule has 3 rings (SSSR count). The minimum atomic E-state index is 0.871. The molecule has 0 radical (unpaired) electrons. The molecule has 3 nitrogen and oxygen atoms in total. The van der Waals surface area contributed by atoms with E-state index in [2.05, 4.69) is 35.0 Å². The summed E-state index contributed by atoms with van der Waals surface area (Å²) in [5.41, 5.74) is 3.39. The van der Waals surface area contributed by atoms with Crippen LogP contribution >= 0.6 is 11.8 Å². The van der Waals surface area contributed by atoms with Crippen molar-refractivity contribution in [1.29, 1.82) is 0 Å². The molecule has 4 heteroatoms. The molecule has 3 aromatic rings. The van der Waals surface area contributed by atoms with E-state index in [-0.39, 0.29) is 0 Å². The number of hydrogen-bond acceptors (Lipinski definition) is 3. The molecule has 0 N–H and O–H groups in total. The molecule has 0 spiro atoms. The maximum absolute atomic E-state index is 5.26. The number of aromatic nitrogens is 2. The van der Waals surface area contributed by atoms with Gasteiger partial charge in [0.1, 0.15) is 5.75 Å². The highest BCUT2D eigenvalue weighted by molar-refractivity contribution is 7.98. The summed E-state index contributed by atoms with van der Waals surface area (Å²) in [7, 11) is 3.73. The van der Waals surface area contributed by atoms with Gasteiger partial charge in [-0.3, -0.25) is 0 Å². The highest BCUT2D eigenvalue weighted by atomic mass is 32.2. The molecule has 0 aliphatic carbocycles. The molecule has 0 unspecified atom stereocenters. The van der Waals surface area contributed by atoms with Crippen LogP contribution in [0.4, 0.5) is 0 Å². The normalized spacial score (nSPS) is 10.6. The van der Waals surface area contributed by atoms with Gasteiger partial charge in [-0.1, -0.05) is 54.2 Å². The standard InChI is InChI=1S/C18H18N2OS/c1-20-12-17(15-8-4-3-5-9-15)19-18(20)22-13-14-7-6-10-16(11-14)21-2/h3-12H,13H2,1-2H3. The molecule has 112 valence electrons. The smallest absolute Gasteiger partial charge is 0.168 e. The topological polar surface area (TPSA) is 27.1 Å². The number of imidazole rings is 1. The lowest BCUT2D eigenvalue weighted by atomic mass is 10.2. The minimum absolute atomic E-state index is 0.871. The molecule has 0 saturated heterocycles. The minimum Gasteiger partial charge on any atom is -0.497 e. The molecule has 0 amide bonds. The predicted molar refractivity (Wildman–Crippen MR) is 91.2 cm³/mol. The van der Waals surface area contributed by atoms with Crippen molar-refractivity contribution in [2.24, 2.45) is 7.05 Å². The highest BCUT2D eigenvalue weighted by Crippen LogP contribution is 2.26. The first-order valence-corrected chi connectivity index (χ1v) is 8.09. The Morgan fingerprint density at radius 2 is 1.91 bits per heavy atom. The van der Waals surface area contributed by atoms with E-state index in [9.17, 15) is 0 Å². The van der Waals surface area contributed by atoms with Gasteiger partial charge in [0.2, 0.25) is 0 Å². The quantitative estimate of drug-likeness (QED) is 0.654. The van der Waals surface area contributed by atoms with Crippen LogP contribution in [0.25, 0.3) is 11.3 Å². The lowest BCUT2D eigenvalue weighted by Gasteiger charge is -2.04. The van der Waals surface area contributed by atoms with Gasteiger partial charge >= 0.3 is 0 Å². The van der Waals surface area contributed by atoms with Crippen molar-refractivity contribution in [2.75, 3.05) is 7.11 Å². The van der Waals surface area contributed by atoms with Crippen LogP contribution in [-0.2, 0) is 12.8 Å². The van der Waals surface area contributed by atoms with Crippen LogP contribution in [0, 0.1) is 0 Å². The van der Waals surface area contributed by atoms with Gasteiger partial charge in [0.05, 0.1) is 12.8 Å². The van der Waals surface area contributed by atoms with Crippen molar-refractivity contribution in [3.8, 4) is 17.0 Å². The van der Waals surface area contributed by atoms with Gasteiger partial charge in [-0.05, 0) is 17.7 Å². The number of thioether (sulfide) groups is 1. The average Bonchev–Trinajstić information content (AvgIpc) is 2.95. The van der Waals surface area contributed by atoms with Crippen molar-refractivity contribution in [3.05, 3.63) is 66.4 Å². The van der Waals surface area contributed by atoms with E-state index in [1.54, 1.807) is 18.9 Å². The Morgan fingerprint density at radius 3 is 2.68 bits per heavy atom. The van der Waals surface area contributed by atoms with E-state index in [1.165, 1.54) is 5.56 Å². The number of nitrogens with zero attached hydrogens (tertiary/aromatic N) is 2. The molecular formula is C18H18N2OS. The van der Waals surface area contributed by atoms with Crippen molar-refractivity contribution < 1.29 is 4.74 Å². The summed E-state index contributed by atoms with van der Waals surface area (Å²) in [4.78, 5) is 4.73. The van der Waals surface area contributed by atoms with Crippen molar-refractivity contribution >= 4 is 11.8 Å². The second kappa shape index (κ2) is 6.71. The SMILES string of the molecule is COc1cccc(CSc2nc(-c3ccccc3)cn2C)c1. The average molecular weight is 310 g/mol. The Balaban J connectivity index is 1.74. The molecule has 2 aromatic carbocycles. The van der Waals surface area contributed by atoms with Crippen molar-refractivity contribution in [2.45, 2.75) is 10.9 Å². The fraction of sp³-hybridized carbons (Fsp3) is 0.167. The zero-order valence-corrected chi connectivity index (χ0v) is 13.5. The molecule has 0 aliphatic heterocycles. The van der Waals surface area contributed by atoms with E-state index >= 15 is 0 Å². The molecule has 1 heterocycles. The molecule has 1 aromatic heterocycles. The number of aryl methyl sites for hydroxylation is 1. The molecule has 0 fully saturated rings. The monoisotopic (exact) mass is 310 g/mol. The van der Waals surface area contributed by atoms with Crippen LogP contribution in [0.15, 0.2) is 66.0 Å². The molecule has 0 saturated carbocycles. The Labute approximate surface area is 135 Å². The van der Waals surface area contributed by atoms with Crippen LogP contribution in [0.3, 0.4) is 0 Å². The summed E-state index contributed by atoms with van der Waals surface area (Å²) in [5.74, 6) is 1.76. The summed E-state index contributed by atoms with van der Waals surface area (Å²) in [5, 5.41) is 1.02. The van der Waals surface area contributed by atoms with Crippen molar-refractivity contribution in [1.82, 2.24) is 9.55 Å². The predicted octanol–water partition coefficient (Wildman–Crippen LogP) is 4.39. The second-order valence-corrected chi connectivity index (χ2v) is 5.97. The van der Waals surface area contributed by atoms with Crippen LogP contribution in [0.2, 0.25) is 0 Å². The second-order valence-electron chi connectivity index (χ2n) is 5.03.